The quantitative estimate of drug-likeness (QED) is 0.131. The van der Waals surface area contributed by atoms with Crippen molar-refractivity contribution >= 4 is 0 Å². The molecule has 0 spiro atoms. The van der Waals surface area contributed by atoms with Gasteiger partial charge in [-0.25, -0.2) is 0 Å². The predicted octanol–water partition coefficient (Wildman–Crippen LogP) is 13.4. The van der Waals surface area contributed by atoms with Crippen molar-refractivity contribution < 1.29 is 0 Å². The number of pyridine rings is 4. The molecular formula is C56H54N4. The molecule has 0 saturated carbocycles. The van der Waals surface area contributed by atoms with Crippen molar-refractivity contribution in [2.75, 3.05) is 0 Å². The van der Waals surface area contributed by atoms with Crippen LogP contribution in [0.1, 0.15) is 84.8 Å². The van der Waals surface area contributed by atoms with E-state index in [0.29, 0.717) is 0 Å². The fraction of sp³-hybridized carbons (Fsp3) is 0.214. The maximum atomic E-state index is 4.41. The van der Waals surface area contributed by atoms with Gasteiger partial charge in [0, 0.05) is 49.6 Å². The summed E-state index contributed by atoms with van der Waals surface area (Å²) < 4.78 is 0. The van der Waals surface area contributed by atoms with E-state index < -0.39 is 0 Å². The maximum Gasteiger partial charge on any atom is 0.0273 e. The van der Waals surface area contributed by atoms with Crippen LogP contribution >= 0.6 is 0 Å². The molecule has 0 atom stereocenters. The second-order valence-electron chi connectivity index (χ2n) is 16.4. The monoisotopic (exact) mass is 782 g/mol. The Morgan fingerprint density at radius 2 is 0.717 bits per heavy atom. The first-order chi connectivity index (χ1) is 29.1. The molecule has 0 radical (unpaired) electrons. The number of aryl methyl sites for hydroxylation is 2. The molecule has 4 heteroatoms. The van der Waals surface area contributed by atoms with Crippen LogP contribution in [0.15, 0.2) is 135 Å². The molecule has 0 aliphatic carbocycles. The zero-order valence-electron chi connectivity index (χ0n) is 36.3. The lowest BCUT2D eigenvalue weighted by Gasteiger charge is -2.25. The molecule has 0 aliphatic heterocycles. The average molecular weight is 783 g/mol. The standard InChI is InChI=1S/C56H54N4/c1-9-42-28-50(43-12-20-57-21-13-43)30-48(36(42)3)33-54-39(6)55(41(8)56(40(54)7)46-18-26-60-27-19-46)34-49-31-51(44-14-22-58-23-15-44)29-47(37(49)4)32-53-35(2)10-11-52(38(53)5)45-16-24-59-25-17-45/h10-31H,9,32-34H2,1-8H3. The number of nitrogens with zero attached hydrogens (tertiary/aromatic N) is 4. The van der Waals surface area contributed by atoms with E-state index in [1.807, 2.05) is 49.6 Å². The normalized spacial score (nSPS) is 11.3. The Kier molecular flexibility index (Phi) is 11.7. The maximum absolute atomic E-state index is 4.41. The van der Waals surface area contributed by atoms with E-state index in [1.165, 1.54) is 122 Å². The van der Waals surface area contributed by atoms with Gasteiger partial charge in [0.05, 0.1) is 0 Å². The molecule has 4 heterocycles. The van der Waals surface area contributed by atoms with Crippen LogP contribution in [-0.2, 0) is 25.7 Å². The van der Waals surface area contributed by atoms with Gasteiger partial charge in [-0.2, -0.15) is 0 Å². The fourth-order valence-electron chi connectivity index (χ4n) is 9.41. The Labute approximate surface area is 356 Å². The Morgan fingerprint density at radius 3 is 1.17 bits per heavy atom. The van der Waals surface area contributed by atoms with Gasteiger partial charge in [0.2, 0.25) is 0 Å². The number of hydrogen-bond acceptors (Lipinski definition) is 4. The molecule has 4 aromatic heterocycles. The van der Waals surface area contributed by atoms with Crippen LogP contribution < -0.4 is 0 Å². The largest absolute Gasteiger partial charge is 0.265 e. The number of hydrogen-bond donors (Lipinski definition) is 0. The lowest BCUT2D eigenvalue weighted by molar-refractivity contribution is 1.01. The van der Waals surface area contributed by atoms with Gasteiger partial charge < -0.3 is 0 Å². The van der Waals surface area contributed by atoms with Crippen molar-refractivity contribution in [3.05, 3.63) is 212 Å². The summed E-state index contributed by atoms with van der Waals surface area (Å²) in [6.07, 6.45) is 18.7. The highest BCUT2D eigenvalue weighted by atomic mass is 14.6. The average Bonchev–Trinajstić information content (AvgIpc) is 3.28. The van der Waals surface area contributed by atoms with Crippen molar-refractivity contribution in [2.45, 2.75) is 81.1 Å². The number of rotatable bonds is 11. The minimum absolute atomic E-state index is 0.825. The second-order valence-corrected chi connectivity index (χ2v) is 16.4. The first-order valence-electron chi connectivity index (χ1n) is 21.2. The Balaban J connectivity index is 1.29. The topological polar surface area (TPSA) is 51.6 Å². The van der Waals surface area contributed by atoms with Crippen molar-refractivity contribution in [2.24, 2.45) is 0 Å². The molecule has 4 aromatic carbocycles. The molecule has 8 aromatic rings. The van der Waals surface area contributed by atoms with Gasteiger partial charge in [0.25, 0.3) is 0 Å². The molecular weight excluding hydrogens is 729 g/mol. The number of benzene rings is 4. The molecule has 0 unspecified atom stereocenters. The minimum Gasteiger partial charge on any atom is -0.265 e. The summed E-state index contributed by atoms with van der Waals surface area (Å²) in [5.41, 5.74) is 28.9. The fourth-order valence-corrected chi connectivity index (χ4v) is 9.41. The van der Waals surface area contributed by atoms with E-state index in [9.17, 15) is 0 Å². The van der Waals surface area contributed by atoms with Crippen LogP contribution in [-0.4, -0.2) is 19.9 Å². The molecule has 0 fully saturated rings. The van der Waals surface area contributed by atoms with Crippen LogP contribution in [0.2, 0.25) is 0 Å². The van der Waals surface area contributed by atoms with Crippen LogP contribution in [0.4, 0.5) is 0 Å². The molecule has 0 aliphatic rings. The summed E-state index contributed by atoms with van der Waals surface area (Å²) in [7, 11) is 0. The van der Waals surface area contributed by atoms with Crippen LogP contribution in [0.25, 0.3) is 44.5 Å². The van der Waals surface area contributed by atoms with Crippen LogP contribution in [0.5, 0.6) is 0 Å². The summed E-state index contributed by atoms with van der Waals surface area (Å²) in [6, 6.07) is 31.2. The predicted molar refractivity (Wildman–Crippen MR) is 250 cm³/mol. The van der Waals surface area contributed by atoms with Gasteiger partial charge in [-0.05, 0) is 245 Å². The highest BCUT2D eigenvalue weighted by Crippen LogP contribution is 2.40. The first-order valence-corrected chi connectivity index (χ1v) is 21.2. The van der Waals surface area contributed by atoms with Crippen LogP contribution in [0.3, 0.4) is 0 Å². The highest BCUT2D eigenvalue weighted by molar-refractivity contribution is 5.76. The Hall–Kier alpha value is -6.52. The van der Waals surface area contributed by atoms with Gasteiger partial charge in [0.15, 0.2) is 0 Å². The second kappa shape index (κ2) is 17.4. The summed E-state index contributed by atoms with van der Waals surface area (Å²) in [4.78, 5) is 17.4. The van der Waals surface area contributed by atoms with E-state index in [1.54, 1.807) is 0 Å². The van der Waals surface area contributed by atoms with E-state index in [-0.39, 0.29) is 0 Å². The van der Waals surface area contributed by atoms with E-state index in [2.05, 4.69) is 160 Å². The van der Waals surface area contributed by atoms with Gasteiger partial charge in [-0.1, -0.05) is 43.3 Å². The SMILES string of the molecule is CCc1cc(-c2ccncc2)cc(Cc2c(C)c(Cc3cc(-c4ccncc4)cc(Cc4c(C)ccc(-c5ccncc5)c4C)c3C)c(C)c(-c3ccncc3)c2C)c1C. The minimum atomic E-state index is 0.825. The lowest BCUT2D eigenvalue weighted by Crippen LogP contribution is -2.09. The molecule has 0 saturated heterocycles. The summed E-state index contributed by atoms with van der Waals surface area (Å²) >= 11 is 0. The molecule has 60 heavy (non-hydrogen) atoms. The van der Waals surface area contributed by atoms with E-state index in [0.717, 1.165) is 25.7 Å². The van der Waals surface area contributed by atoms with Crippen LogP contribution in [0, 0.1) is 48.5 Å². The van der Waals surface area contributed by atoms with Crippen molar-refractivity contribution in [1.82, 2.24) is 19.9 Å². The first kappa shape index (κ1) is 40.3. The lowest BCUT2D eigenvalue weighted by atomic mass is 9.79. The van der Waals surface area contributed by atoms with Gasteiger partial charge >= 0.3 is 0 Å². The molecule has 298 valence electrons. The molecule has 0 amide bonds. The summed E-state index contributed by atoms with van der Waals surface area (Å²) in [5, 5.41) is 0. The smallest absolute Gasteiger partial charge is 0.0273 e. The number of aromatic nitrogens is 4. The van der Waals surface area contributed by atoms with E-state index >= 15 is 0 Å². The Bertz CT molecular complexity index is 2810. The third-order valence-electron chi connectivity index (χ3n) is 13.1. The van der Waals surface area contributed by atoms with Crippen molar-refractivity contribution in [3.63, 3.8) is 0 Å². The van der Waals surface area contributed by atoms with E-state index in [4.69, 9.17) is 0 Å². The third kappa shape index (κ3) is 7.95. The molecule has 0 N–H and O–H groups in total. The van der Waals surface area contributed by atoms with Gasteiger partial charge in [-0.3, -0.25) is 19.9 Å². The third-order valence-corrected chi connectivity index (χ3v) is 13.1. The summed E-state index contributed by atoms with van der Waals surface area (Å²) in [6.45, 7) is 18.5. The van der Waals surface area contributed by atoms with Gasteiger partial charge in [-0.15, -0.1) is 0 Å². The molecule has 8 rings (SSSR count). The molecule has 4 nitrogen and oxygen atoms in total. The van der Waals surface area contributed by atoms with Crippen molar-refractivity contribution in [1.29, 1.82) is 0 Å². The van der Waals surface area contributed by atoms with Gasteiger partial charge in [0.1, 0.15) is 0 Å². The highest BCUT2D eigenvalue weighted by Gasteiger charge is 2.22. The molecule has 0 bridgehead atoms. The zero-order chi connectivity index (χ0) is 41.9. The van der Waals surface area contributed by atoms with Crippen molar-refractivity contribution in [3.8, 4) is 44.5 Å². The summed E-state index contributed by atoms with van der Waals surface area (Å²) in [5.74, 6) is 0. The zero-order valence-corrected chi connectivity index (χ0v) is 36.3. The Morgan fingerprint density at radius 1 is 0.333 bits per heavy atom.